The van der Waals surface area contributed by atoms with Gasteiger partial charge in [-0.05, 0) is 41.8 Å². The van der Waals surface area contributed by atoms with Gasteiger partial charge in [-0.3, -0.25) is 4.79 Å². The molecule has 4 nitrogen and oxygen atoms in total. The molecule has 0 atom stereocenters. The van der Waals surface area contributed by atoms with E-state index in [0.29, 0.717) is 35.3 Å². The number of carbonyl (C=O) groups excluding carboxylic acids is 1. The van der Waals surface area contributed by atoms with E-state index in [2.05, 4.69) is 13.8 Å². The molecule has 2 rings (SSSR count). The lowest BCUT2D eigenvalue weighted by atomic mass is 10.1. The summed E-state index contributed by atoms with van der Waals surface area (Å²) in [6.45, 7) is 5.32. The Morgan fingerprint density at radius 3 is 2.44 bits per heavy atom. The molecule has 0 spiro atoms. The smallest absolute Gasteiger partial charge is 0.255 e. The molecular weight excluding hydrogens is 334 g/mol. The SMILES string of the molecule is CC(C)CN(Cc1cc(N)ccc1N(C)C)C(=O)c1ccccc1Cl. The van der Waals surface area contributed by atoms with Gasteiger partial charge in [0.05, 0.1) is 10.6 Å². The van der Waals surface area contributed by atoms with Gasteiger partial charge in [-0.1, -0.05) is 37.6 Å². The molecule has 1 amide bonds. The average molecular weight is 360 g/mol. The number of rotatable bonds is 6. The summed E-state index contributed by atoms with van der Waals surface area (Å²) < 4.78 is 0. The lowest BCUT2D eigenvalue weighted by molar-refractivity contribution is 0.0723. The second-order valence-corrected chi connectivity index (χ2v) is 7.25. The van der Waals surface area contributed by atoms with Crippen LogP contribution in [0.4, 0.5) is 11.4 Å². The Morgan fingerprint density at radius 1 is 1.16 bits per heavy atom. The van der Waals surface area contributed by atoms with Crippen LogP contribution < -0.4 is 10.6 Å². The largest absolute Gasteiger partial charge is 0.399 e. The predicted octanol–water partition coefficient (Wildman–Crippen LogP) is 4.29. The molecule has 0 radical (unpaired) electrons. The van der Waals surface area contributed by atoms with Crippen molar-refractivity contribution in [2.75, 3.05) is 31.3 Å². The van der Waals surface area contributed by atoms with Crippen LogP contribution in [0.1, 0.15) is 29.8 Å². The van der Waals surface area contributed by atoms with Crippen LogP contribution in [0.3, 0.4) is 0 Å². The van der Waals surface area contributed by atoms with Gasteiger partial charge in [0, 0.05) is 38.6 Å². The first-order valence-corrected chi connectivity index (χ1v) is 8.77. The summed E-state index contributed by atoms with van der Waals surface area (Å²) in [7, 11) is 3.97. The molecule has 2 N–H and O–H groups in total. The van der Waals surface area contributed by atoms with Crippen molar-refractivity contribution in [3.63, 3.8) is 0 Å². The number of carbonyl (C=O) groups is 1. The van der Waals surface area contributed by atoms with Crippen LogP contribution in [0.2, 0.25) is 5.02 Å². The molecule has 0 aliphatic carbocycles. The lowest BCUT2D eigenvalue weighted by Gasteiger charge is -2.27. The third kappa shape index (κ3) is 4.89. The molecule has 0 saturated carbocycles. The quantitative estimate of drug-likeness (QED) is 0.783. The van der Waals surface area contributed by atoms with Gasteiger partial charge in [-0.15, -0.1) is 0 Å². The van der Waals surface area contributed by atoms with Crippen molar-refractivity contribution in [2.45, 2.75) is 20.4 Å². The first-order valence-electron chi connectivity index (χ1n) is 8.39. The van der Waals surface area contributed by atoms with Gasteiger partial charge in [-0.25, -0.2) is 0 Å². The molecule has 0 bridgehead atoms. The fourth-order valence-corrected chi connectivity index (χ4v) is 3.06. The zero-order valence-corrected chi connectivity index (χ0v) is 16.0. The van der Waals surface area contributed by atoms with Gasteiger partial charge in [0.2, 0.25) is 0 Å². The minimum absolute atomic E-state index is 0.0635. The molecule has 2 aromatic carbocycles. The maximum atomic E-state index is 13.1. The van der Waals surface area contributed by atoms with Gasteiger partial charge in [0.15, 0.2) is 0 Å². The van der Waals surface area contributed by atoms with Crippen molar-refractivity contribution in [1.82, 2.24) is 4.90 Å². The Kier molecular flexibility index (Phi) is 6.32. The zero-order chi connectivity index (χ0) is 18.6. The fraction of sp³-hybridized carbons (Fsp3) is 0.350. The van der Waals surface area contributed by atoms with Crippen molar-refractivity contribution < 1.29 is 4.79 Å². The van der Waals surface area contributed by atoms with Crippen LogP contribution in [-0.2, 0) is 6.54 Å². The van der Waals surface area contributed by atoms with E-state index in [0.717, 1.165) is 11.3 Å². The summed E-state index contributed by atoms with van der Waals surface area (Å²) in [5.41, 5.74) is 9.26. The van der Waals surface area contributed by atoms with Crippen LogP contribution in [0, 0.1) is 5.92 Å². The standard InChI is InChI=1S/C20H26ClN3O/c1-14(2)12-24(20(25)17-7-5-6-8-18(17)21)13-15-11-16(22)9-10-19(15)23(3)4/h5-11,14H,12-13,22H2,1-4H3. The van der Waals surface area contributed by atoms with E-state index in [4.69, 9.17) is 17.3 Å². The monoisotopic (exact) mass is 359 g/mol. The molecule has 5 heteroatoms. The number of nitrogens with zero attached hydrogens (tertiary/aromatic N) is 2. The minimum Gasteiger partial charge on any atom is -0.399 e. The third-order valence-electron chi connectivity index (χ3n) is 3.92. The Hall–Kier alpha value is -2.20. The summed E-state index contributed by atoms with van der Waals surface area (Å²) in [5.74, 6) is 0.279. The number of nitrogen functional groups attached to an aromatic ring is 1. The molecule has 25 heavy (non-hydrogen) atoms. The summed E-state index contributed by atoms with van der Waals surface area (Å²) >= 11 is 6.23. The van der Waals surface area contributed by atoms with Crippen LogP contribution >= 0.6 is 11.6 Å². The number of anilines is 2. The normalized spacial score (nSPS) is 10.8. The van der Waals surface area contributed by atoms with Crippen molar-refractivity contribution in [3.05, 3.63) is 58.6 Å². The van der Waals surface area contributed by atoms with E-state index in [1.807, 2.05) is 54.2 Å². The summed E-state index contributed by atoms with van der Waals surface area (Å²) in [6, 6.07) is 13.0. The number of benzene rings is 2. The molecule has 0 unspecified atom stereocenters. The Bertz CT molecular complexity index is 743. The van der Waals surface area contributed by atoms with Gasteiger partial charge in [-0.2, -0.15) is 0 Å². The van der Waals surface area contributed by atoms with Crippen LogP contribution in [-0.4, -0.2) is 31.4 Å². The molecule has 134 valence electrons. The van der Waals surface area contributed by atoms with E-state index in [1.54, 1.807) is 12.1 Å². The summed E-state index contributed by atoms with van der Waals surface area (Å²) in [5, 5.41) is 0.474. The fourth-order valence-electron chi connectivity index (χ4n) is 2.84. The minimum atomic E-state index is -0.0635. The molecule has 0 aliphatic rings. The number of halogens is 1. The van der Waals surface area contributed by atoms with E-state index in [9.17, 15) is 4.79 Å². The molecule has 2 aromatic rings. The van der Waals surface area contributed by atoms with Crippen LogP contribution in [0.5, 0.6) is 0 Å². The van der Waals surface area contributed by atoms with Crippen molar-refractivity contribution >= 4 is 28.9 Å². The van der Waals surface area contributed by atoms with Crippen molar-refractivity contribution in [1.29, 1.82) is 0 Å². The Balaban J connectivity index is 2.38. The topological polar surface area (TPSA) is 49.6 Å². The summed E-state index contributed by atoms with van der Waals surface area (Å²) in [6.07, 6.45) is 0. The average Bonchev–Trinajstić information content (AvgIpc) is 2.53. The third-order valence-corrected chi connectivity index (χ3v) is 4.25. The van der Waals surface area contributed by atoms with Gasteiger partial charge in [0.25, 0.3) is 5.91 Å². The molecule has 0 heterocycles. The molecule has 0 aliphatic heterocycles. The second-order valence-electron chi connectivity index (χ2n) is 6.84. The lowest BCUT2D eigenvalue weighted by Crippen LogP contribution is -2.34. The predicted molar refractivity (Wildman–Crippen MR) is 106 cm³/mol. The maximum Gasteiger partial charge on any atom is 0.255 e. The van der Waals surface area contributed by atoms with Crippen molar-refractivity contribution in [2.24, 2.45) is 5.92 Å². The van der Waals surface area contributed by atoms with Crippen molar-refractivity contribution in [3.8, 4) is 0 Å². The number of hydrogen-bond acceptors (Lipinski definition) is 3. The second kappa shape index (κ2) is 8.26. The van der Waals surface area contributed by atoms with E-state index in [-0.39, 0.29) is 5.91 Å². The van der Waals surface area contributed by atoms with E-state index < -0.39 is 0 Å². The number of nitrogens with two attached hydrogens (primary N) is 1. The molecule has 0 saturated heterocycles. The highest BCUT2D eigenvalue weighted by Gasteiger charge is 2.21. The van der Waals surface area contributed by atoms with Crippen LogP contribution in [0.15, 0.2) is 42.5 Å². The highest BCUT2D eigenvalue weighted by atomic mass is 35.5. The van der Waals surface area contributed by atoms with E-state index >= 15 is 0 Å². The summed E-state index contributed by atoms with van der Waals surface area (Å²) in [4.78, 5) is 16.9. The maximum absolute atomic E-state index is 13.1. The molecule has 0 fully saturated rings. The molecule has 0 aromatic heterocycles. The number of amides is 1. The van der Waals surface area contributed by atoms with Gasteiger partial charge >= 0.3 is 0 Å². The number of hydrogen-bond donors (Lipinski definition) is 1. The first-order chi connectivity index (χ1) is 11.8. The van der Waals surface area contributed by atoms with Gasteiger partial charge < -0.3 is 15.5 Å². The first kappa shape index (κ1) is 19.1. The Morgan fingerprint density at radius 2 is 1.84 bits per heavy atom. The van der Waals surface area contributed by atoms with Crippen LogP contribution in [0.25, 0.3) is 0 Å². The zero-order valence-electron chi connectivity index (χ0n) is 15.3. The highest BCUT2D eigenvalue weighted by Crippen LogP contribution is 2.25. The molecular formula is C20H26ClN3O. The highest BCUT2D eigenvalue weighted by molar-refractivity contribution is 6.33. The van der Waals surface area contributed by atoms with Gasteiger partial charge in [0.1, 0.15) is 0 Å². The Labute approximate surface area is 155 Å². The van der Waals surface area contributed by atoms with E-state index in [1.165, 1.54) is 0 Å².